The number of rotatable bonds is 5. The summed E-state index contributed by atoms with van der Waals surface area (Å²) >= 11 is 9.07. The highest BCUT2D eigenvalue weighted by molar-refractivity contribution is 14.1. The van der Waals surface area contributed by atoms with E-state index in [0.29, 0.717) is 22.2 Å². The molecule has 0 aliphatic carbocycles. The van der Waals surface area contributed by atoms with Crippen LogP contribution in [0.2, 0.25) is 5.02 Å². The van der Waals surface area contributed by atoms with E-state index in [4.69, 9.17) is 16.3 Å². The average Bonchev–Trinajstić information content (AvgIpc) is 3.11. The summed E-state index contributed by atoms with van der Waals surface area (Å²) in [6, 6.07) is 26.8. The molecule has 7 heteroatoms. The third-order valence-corrected chi connectivity index (χ3v) is 7.36. The summed E-state index contributed by atoms with van der Waals surface area (Å²) < 4.78 is 7.03. The topological polar surface area (TPSA) is 46.6 Å². The average molecular weight is 598 g/mol. The van der Waals surface area contributed by atoms with Crippen molar-refractivity contribution >= 4 is 79.6 Å². The van der Waals surface area contributed by atoms with Crippen LogP contribution >= 0.6 is 46.0 Å². The fourth-order valence-corrected chi connectivity index (χ4v) is 5.39. The van der Waals surface area contributed by atoms with Crippen LogP contribution < -0.4 is 9.64 Å². The van der Waals surface area contributed by atoms with Crippen molar-refractivity contribution in [1.29, 1.82) is 0 Å². The Balaban J connectivity index is 1.33. The number of amides is 2. The molecule has 0 aromatic heterocycles. The van der Waals surface area contributed by atoms with Gasteiger partial charge in [0.25, 0.3) is 11.1 Å². The zero-order valence-corrected chi connectivity index (χ0v) is 21.4. The van der Waals surface area contributed by atoms with Crippen LogP contribution in [-0.4, -0.2) is 11.1 Å². The van der Waals surface area contributed by atoms with Gasteiger partial charge >= 0.3 is 0 Å². The molecule has 1 fully saturated rings. The number of thioether (sulfide) groups is 1. The maximum absolute atomic E-state index is 12.9. The van der Waals surface area contributed by atoms with Gasteiger partial charge in [0.2, 0.25) is 0 Å². The second-order valence-electron chi connectivity index (χ2n) is 7.61. The van der Waals surface area contributed by atoms with Crippen LogP contribution in [0, 0.1) is 3.57 Å². The van der Waals surface area contributed by atoms with Crippen molar-refractivity contribution in [3.05, 3.63) is 110 Å². The van der Waals surface area contributed by atoms with Gasteiger partial charge in [0.15, 0.2) is 0 Å². The SMILES string of the molecule is O=C1S/C(=C/c2ccc(OCc3cccc4ccccc34)c(I)c2)C(=O)N1c1ccc(Cl)cc1. The monoisotopic (exact) mass is 597 g/mol. The molecule has 2 amide bonds. The van der Waals surface area contributed by atoms with Gasteiger partial charge in [0.1, 0.15) is 12.4 Å². The molecule has 0 atom stereocenters. The van der Waals surface area contributed by atoms with E-state index in [0.717, 1.165) is 32.2 Å². The summed E-state index contributed by atoms with van der Waals surface area (Å²) in [6.45, 7) is 0.455. The Morgan fingerprint density at radius 2 is 1.71 bits per heavy atom. The molecule has 0 unspecified atom stereocenters. The molecule has 4 aromatic rings. The number of carbonyl (C=O) groups excluding carboxylic acids is 2. The van der Waals surface area contributed by atoms with Crippen molar-refractivity contribution in [3.8, 4) is 5.75 Å². The van der Waals surface area contributed by atoms with Gasteiger partial charge in [-0.1, -0.05) is 60.1 Å². The first kappa shape index (κ1) is 23.0. The number of halogens is 2. The quantitative estimate of drug-likeness (QED) is 0.173. The normalized spacial score (nSPS) is 14.9. The molecular formula is C27H17ClINO3S. The Hall–Kier alpha value is -2.81. The molecule has 0 spiro atoms. The Morgan fingerprint density at radius 1 is 0.941 bits per heavy atom. The van der Waals surface area contributed by atoms with E-state index in [-0.39, 0.29) is 11.1 Å². The largest absolute Gasteiger partial charge is 0.488 e. The van der Waals surface area contributed by atoms with Gasteiger partial charge in [-0.05, 0) is 98.7 Å². The molecule has 34 heavy (non-hydrogen) atoms. The molecule has 1 aliphatic heterocycles. The highest BCUT2D eigenvalue weighted by Gasteiger charge is 2.36. The van der Waals surface area contributed by atoms with E-state index >= 15 is 0 Å². The number of benzene rings is 4. The molecule has 4 nitrogen and oxygen atoms in total. The van der Waals surface area contributed by atoms with Crippen LogP contribution in [0.25, 0.3) is 16.8 Å². The second-order valence-corrected chi connectivity index (χ2v) is 10.2. The zero-order valence-electron chi connectivity index (χ0n) is 17.7. The number of fused-ring (bicyclic) bond motifs is 1. The molecule has 4 aromatic carbocycles. The summed E-state index contributed by atoms with van der Waals surface area (Å²) in [5.41, 5.74) is 2.44. The van der Waals surface area contributed by atoms with Gasteiger partial charge in [0, 0.05) is 5.02 Å². The summed E-state index contributed by atoms with van der Waals surface area (Å²) in [5, 5.41) is 2.57. The third-order valence-electron chi connectivity index (χ3n) is 5.40. The highest BCUT2D eigenvalue weighted by atomic mass is 127. The molecule has 5 rings (SSSR count). The fraction of sp³-hybridized carbons (Fsp3) is 0.0370. The molecule has 0 saturated carbocycles. The predicted molar refractivity (Wildman–Crippen MR) is 147 cm³/mol. The van der Waals surface area contributed by atoms with E-state index < -0.39 is 0 Å². The van der Waals surface area contributed by atoms with Gasteiger partial charge in [-0.25, -0.2) is 4.90 Å². The Bertz CT molecular complexity index is 1450. The van der Waals surface area contributed by atoms with Crippen molar-refractivity contribution in [2.75, 3.05) is 4.90 Å². The molecular weight excluding hydrogens is 581 g/mol. The van der Waals surface area contributed by atoms with E-state index in [1.165, 1.54) is 15.7 Å². The maximum atomic E-state index is 12.9. The molecule has 1 aliphatic rings. The second kappa shape index (κ2) is 9.82. The van der Waals surface area contributed by atoms with E-state index in [9.17, 15) is 9.59 Å². The van der Waals surface area contributed by atoms with Crippen LogP contribution in [0.4, 0.5) is 10.5 Å². The van der Waals surface area contributed by atoms with Crippen molar-refractivity contribution in [1.82, 2.24) is 0 Å². The minimum atomic E-state index is -0.344. The van der Waals surface area contributed by atoms with Crippen LogP contribution in [0.15, 0.2) is 89.8 Å². The molecule has 0 radical (unpaired) electrons. The number of hydrogen-bond donors (Lipinski definition) is 0. The Kier molecular flexibility index (Phi) is 6.63. The first-order chi connectivity index (χ1) is 16.5. The van der Waals surface area contributed by atoms with Gasteiger partial charge in [-0.15, -0.1) is 0 Å². The number of anilines is 1. The number of carbonyl (C=O) groups is 2. The number of imide groups is 1. The van der Waals surface area contributed by atoms with Gasteiger partial charge in [-0.3, -0.25) is 9.59 Å². The van der Waals surface area contributed by atoms with Crippen LogP contribution in [0.1, 0.15) is 11.1 Å². The van der Waals surface area contributed by atoms with Crippen LogP contribution in [-0.2, 0) is 11.4 Å². The number of ether oxygens (including phenoxy) is 1. The number of nitrogens with zero attached hydrogens (tertiary/aromatic N) is 1. The lowest BCUT2D eigenvalue weighted by Crippen LogP contribution is -2.27. The summed E-state index contributed by atoms with van der Waals surface area (Å²) in [5.74, 6) is 0.420. The Labute approximate surface area is 219 Å². The lowest BCUT2D eigenvalue weighted by atomic mass is 10.1. The van der Waals surface area contributed by atoms with Gasteiger partial charge in [0.05, 0.1) is 14.2 Å². The molecule has 168 valence electrons. The van der Waals surface area contributed by atoms with E-state index in [1.54, 1.807) is 30.3 Å². The van der Waals surface area contributed by atoms with Crippen molar-refractivity contribution < 1.29 is 14.3 Å². The first-order valence-electron chi connectivity index (χ1n) is 10.4. The van der Waals surface area contributed by atoms with Crippen LogP contribution in [0.3, 0.4) is 0 Å². The lowest BCUT2D eigenvalue weighted by Gasteiger charge is -2.12. The molecule has 1 saturated heterocycles. The van der Waals surface area contributed by atoms with Crippen molar-refractivity contribution in [2.24, 2.45) is 0 Å². The van der Waals surface area contributed by atoms with E-state index in [2.05, 4.69) is 46.9 Å². The van der Waals surface area contributed by atoms with Crippen molar-refractivity contribution in [2.45, 2.75) is 6.61 Å². The predicted octanol–water partition coefficient (Wildman–Crippen LogP) is 7.92. The Morgan fingerprint density at radius 3 is 2.50 bits per heavy atom. The van der Waals surface area contributed by atoms with Gasteiger partial charge in [-0.2, -0.15) is 0 Å². The lowest BCUT2D eigenvalue weighted by molar-refractivity contribution is -0.113. The maximum Gasteiger partial charge on any atom is 0.298 e. The summed E-state index contributed by atoms with van der Waals surface area (Å²) in [4.78, 5) is 26.9. The third kappa shape index (κ3) is 4.71. The minimum Gasteiger partial charge on any atom is -0.488 e. The zero-order chi connectivity index (χ0) is 23.7. The molecule has 0 N–H and O–H groups in total. The van der Waals surface area contributed by atoms with Gasteiger partial charge < -0.3 is 4.74 Å². The fourth-order valence-electron chi connectivity index (χ4n) is 3.73. The highest BCUT2D eigenvalue weighted by Crippen LogP contribution is 2.36. The minimum absolute atomic E-state index is 0.330. The smallest absolute Gasteiger partial charge is 0.298 e. The standard InChI is InChI=1S/C27H17ClINO3S/c28-20-9-11-21(12-10-20)30-26(31)25(34-27(30)32)15-17-8-13-24(23(29)14-17)33-16-19-6-3-5-18-4-1-2-7-22(18)19/h1-15H,16H2/b25-15+. The number of hydrogen-bond acceptors (Lipinski definition) is 4. The van der Waals surface area contributed by atoms with Crippen molar-refractivity contribution in [3.63, 3.8) is 0 Å². The van der Waals surface area contributed by atoms with E-state index in [1.807, 2.05) is 36.4 Å². The molecule has 1 heterocycles. The summed E-state index contributed by atoms with van der Waals surface area (Å²) in [7, 11) is 0. The van der Waals surface area contributed by atoms with Crippen LogP contribution in [0.5, 0.6) is 5.75 Å². The summed E-state index contributed by atoms with van der Waals surface area (Å²) in [6.07, 6.45) is 1.73. The molecule has 0 bridgehead atoms. The first-order valence-corrected chi connectivity index (χ1v) is 12.7.